The average Bonchev–Trinajstić information content (AvgIpc) is 2.74. The van der Waals surface area contributed by atoms with Gasteiger partial charge in [-0.25, -0.2) is 0 Å². The number of ether oxygens (including phenoxy) is 2. The zero-order valence-corrected chi connectivity index (χ0v) is 16.7. The molecule has 2 aromatic carbocycles. The SMILES string of the molecule is CCc1c(O)cc(O)c(-c2ccccc2)c1CCOC1OC(CO)C(O)C(O)C1O. The van der Waals surface area contributed by atoms with Crippen LogP contribution in [0.4, 0.5) is 0 Å². The Morgan fingerprint density at radius 2 is 1.63 bits per heavy atom. The van der Waals surface area contributed by atoms with Crippen molar-refractivity contribution in [2.45, 2.75) is 50.5 Å². The first-order chi connectivity index (χ1) is 14.4. The fourth-order valence-corrected chi connectivity index (χ4v) is 3.83. The van der Waals surface area contributed by atoms with Crippen molar-refractivity contribution in [2.24, 2.45) is 0 Å². The molecule has 0 spiro atoms. The maximum Gasteiger partial charge on any atom is 0.186 e. The summed E-state index contributed by atoms with van der Waals surface area (Å²) in [5, 5.41) is 60.0. The summed E-state index contributed by atoms with van der Waals surface area (Å²) >= 11 is 0. The van der Waals surface area contributed by atoms with Crippen LogP contribution in [-0.4, -0.2) is 74.6 Å². The summed E-state index contributed by atoms with van der Waals surface area (Å²) in [7, 11) is 0. The van der Waals surface area contributed by atoms with E-state index in [1.165, 1.54) is 6.07 Å². The van der Waals surface area contributed by atoms with Crippen molar-refractivity contribution in [3.63, 3.8) is 0 Å². The highest BCUT2D eigenvalue weighted by Gasteiger charge is 2.44. The Morgan fingerprint density at radius 1 is 0.933 bits per heavy atom. The van der Waals surface area contributed by atoms with E-state index in [9.17, 15) is 30.6 Å². The fraction of sp³-hybridized carbons (Fsp3) is 0.455. The van der Waals surface area contributed by atoms with Gasteiger partial charge in [-0.05, 0) is 29.5 Å². The number of hydrogen-bond acceptors (Lipinski definition) is 8. The third kappa shape index (κ3) is 4.44. The van der Waals surface area contributed by atoms with Gasteiger partial charge in [0.25, 0.3) is 0 Å². The molecule has 8 nitrogen and oxygen atoms in total. The number of rotatable bonds is 7. The predicted molar refractivity (Wildman–Crippen MR) is 108 cm³/mol. The zero-order chi connectivity index (χ0) is 21.8. The van der Waals surface area contributed by atoms with Gasteiger partial charge in [0.2, 0.25) is 0 Å². The quantitative estimate of drug-likeness (QED) is 0.384. The third-order valence-corrected chi connectivity index (χ3v) is 5.40. The van der Waals surface area contributed by atoms with Crippen LogP contribution in [0.3, 0.4) is 0 Å². The smallest absolute Gasteiger partial charge is 0.186 e. The minimum absolute atomic E-state index is 0.0162. The number of aromatic hydroxyl groups is 2. The molecule has 5 unspecified atom stereocenters. The first-order valence-electron chi connectivity index (χ1n) is 9.93. The molecule has 5 atom stereocenters. The molecule has 0 amide bonds. The second kappa shape index (κ2) is 9.74. The Balaban J connectivity index is 1.83. The van der Waals surface area contributed by atoms with Crippen molar-refractivity contribution in [1.29, 1.82) is 0 Å². The van der Waals surface area contributed by atoms with Crippen molar-refractivity contribution in [2.75, 3.05) is 13.2 Å². The Bertz CT molecular complexity index is 839. The number of aliphatic hydroxyl groups is 4. The van der Waals surface area contributed by atoms with Gasteiger partial charge in [0.1, 0.15) is 35.9 Å². The maximum absolute atomic E-state index is 10.5. The summed E-state index contributed by atoms with van der Waals surface area (Å²) < 4.78 is 11.0. The molecule has 0 saturated carbocycles. The summed E-state index contributed by atoms with van der Waals surface area (Å²) in [5.41, 5.74) is 2.74. The van der Waals surface area contributed by atoms with Crippen LogP contribution in [0.5, 0.6) is 11.5 Å². The molecule has 164 valence electrons. The minimum atomic E-state index is -1.52. The lowest BCUT2D eigenvalue weighted by molar-refractivity contribution is -0.300. The van der Waals surface area contributed by atoms with Crippen molar-refractivity contribution in [3.05, 3.63) is 47.5 Å². The van der Waals surface area contributed by atoms with E-state index in [0.29, 0.717) is 23.1 Å². The number of phenolic OH excluding ortho intramolecular Hbond substituents is 2. The van der Waals surface area contributed by atoms with E-state index in [1.807, 2.05) is 37.3 Å². The van der Waals surface area contributed by atoms with E-state index in [4.69, 9.17) is 9.47 Å². The molecular formula is C22H28O8. The van der Waals surface area contributed by atoms with Crippen LogP contribution in [0.1, 0.15) is 18.1 Å². The van der Waals surface area contributed by atoms with Gasteiger partial charge < -0.3 is 40.1 Å². The molecule has 1 aliphatic rings. The summed E-state index contributed by atoms with van der Waals surface area (Å²) in [5.74, 6) is -0.0729. The Labute approximate surface area is 174 Å². The maximum atomic E-state index is 10.5. The van der Waals surface area contributed by atoms with Gasteiger partial charge in [0.05, 0.1) is 13.2 Å². The first-order valence-corrected chi connectivity index (χ1v) is 9.93. The fourth-order valence-electron chi connectivity index (χ4n) is 3.83. The number of benzene rings is 2. The number of hydrogen-bond donors (Lipinski definition) is 6. The topological polar surface area (TPSA) is 140 Å². The third-order valence-electron chi connectivity index (χ3n) is 5.40. The summed E-state index contributed by atoms with van der Waals surface area (Å²) in [6, 6.07) is 10.6. The molecular weight excluding hydrogens is 392 g/mol. The molecule has 2 aromatic rings. The van der Waals surface area contributed by atoms with Crippen LogP contribution >= 0.6 is 0 Å². The molecule has 3 rings (SSSR count). The normalized spacial score (nSPS) is 26.6. The molecule has 1 fully saturated rings. The van der Waals surface area contributed by atoms with Gasteiger partial charge in [-0.2, -0.15) is 0 Å². The first kappa shape index (κ1) is 22.5. The van der Waals surface area contributed by atoms with E-state index in [0.717, 1.165) is 5.56 Å². The lowest BCUT2D eigenvalue weighted by Gasteiger charge is -2.39. The van der Waals surface area contributed by atoms with Crippen LogP contribution in [-0.2, 0) is 22.3 Å². The van der Waals surface area contributed by atoms with Crippen LogP contribution in [0, 0.1) is 0 Å². The van der Waals surface area contributed by atoms with Gasteiger partial charge in [-0.15, -0.1) is 0 Å². The predicted octanol–water partition coefficient (Wildman–Crippen LogP) is 0.686. The largest absolute Gasteiger partial charge is 0.508 e. The lowest BCUT2D eigenvalue weighted by atomic mass is 9.90. The molecule has 1 saturated heterocycles. The van der Waals surface area contributed by atoms with E-state index >= 15 is 0 Å². The van der Waals surface area contributed by atoms with E-state index in [2.05, 4.69) is 0 Å². The number of phenols is 2. The van der Waals surface area contributed by atoms with Crippen LogP contribution < -0.4 is 0 Å². The van der Waals surface area contributed by atoms with Crippen LogP contribution in [0.2, 0.25) is 0 Å². The van der Waals surface area contributed by atoms with Crippen LogP contribution in [0.15, 0.2) is 36.4 Å². The van der Waals surface area contributed by atoms with Gasteiger partial charge in [0.15, 0.2) is 6.29 Å². The van der Waals surface area contributed by atoms with Crippen molar-refractivity contribution in [3.8, 4) is 22.6 Å². The molecule has 8 heteroatoms. The summed E-state index contributed by atoms with van der Waals surface area (Å²) in [4.78, 5) is 0. The molecule has 30 heavy (non-hydrogen) atoms. The van der Waals surface area contributed by atoms with Crippen molar-refractivity contribution < 1.29 is 40.1 Å². The monoisotopic (exact) mass is 420 g/mol. The zero-order valence-electron chi connectivity index (χ0n) is 16.7. The highest BCUT2D eigenvalue weighted by Crippen LogP contribution is 2.40. The van der Waals surface area contributed by atoms with Gasteiger partial charge in [-0.3, -0.25) is 0 Å². The Morgan fingerprint density at radius 3 is 2.27 bits per heavy atom. The molecule has 6 N–H and O–H groups in total. The molecule has 0 bridgehead atoms. The summed E-state index contributed by atoms with van der Waals surface area (Å²) in [6.07, 6.45) is -5.94. The molecule has 0 radical (unpaired) electrons. The molecule has 0 aliphatic carbocycles. The van der Waals surface area contributed by atoms with E-state index in [1.54, 1.807) is 0 Å². The van der Waals surface area contributed by atoms with Crippen molar-refractivity contribution in [1.82, 2.24) is 0 Å². The number of aliphatic hydroxyl groups excluding tert-OH is 4. The highest BCUT2D eigenvalue weighted by molar-refractivity contribution is 5.76. The van der Waals surface area contributed by atoms with Crippen LogP contribution in [0.25, 0.3) is 11.1 Å². The second-order valence-corrected chi connectivity index (χ2v) is 7.28. The molecule has 1 heterocycles. The molecule has 1 aliphatic heterocycles. The highest BCUT2D eigenvalue weighted by atomic mass is 16.7. The minimum Gasteiger partial charge on any atom is -0.508 e. The molecule has 0 aromatic heterocycles. The standard InChI is InChI=1S/C22H28O8/c1-2-13-14(18(16(25)10-15(13)24)12-6-4-3-5-7-12)8-9-29-22-21(28)20(27)19(26)17(11-23)30-22/h3-7,10,17,19-28H,2,8-9,11H2,1H3. The Hall–Kier alpha value is -2.20. The van der Waals surface area contributed by atoms with Crippen molar-refractivity contribution >= 4 is 0 Å². The Kier molecular flexibility index (Phi) is 7.30. The van der Waals surface area contributed by atoms with E-state index in [-0.39, 0.29) is 24.5 Å². The van der Waals surface area contributed by atoms with Gasteiger partial charge in [-0.1, -0.05) is 37.3 Å². The average molecular weight is 420 g/mol. The second-order valence-electron chi connectivity index (χ2n) is 7.28. The van der Waals surface area contributed by atoms with Gasteiger partial charge in [0, 0.05) is 11.6 Å². The van der Waals surface area contributed by atoms with Gasteiger partial charge >= 0.3 is 0 Å². The lowest BCUT2D eigenvalue weighted by Crippen LogP contribution is -2.59. The van der Waals surface area contributed by atoms with E-state index < -0.39 is 37.3 Å². The summed E-state index contributed by atoms with van der Waals surface area (Å²) in [6.45, 7) is 1.39.